The third-order valence-electron chi connectivity index (χ3n) is 6.71. The van der Waals surface area contributed by atoms with Gasteiger partial charge >= 0.3 is 0 Å². The van der Waals surface area contributed by atoms with Crippen molar-refractivity contribution < 1.29 is 9.53 Å². The van der Waals surface area contributed by atoms with Crippen LogP contribution in [0.4, 0.5) is 5.82 Å². The number of amides is 1. The highest BCUT2D eigenvalue weighted by atomic mass is 16.5. The topological polar surface area (TPSA) is 64.1 Å². The van der Waals surface area contributed by atoms with E-state index in [4.69, 9.17) is 14.7 Å². The molecule has 0 unspecified atom stereocenters. The fourth-order valence-corrected chi connectivity index (χ4v) is 4.96. The van der Waals surface area contributed by atoms with E-state index in [1.165, 1.54) is 37.7 Å². The lowest BCUT2D eigenvalue weighted by Crippen LogP contribution is -2.20. The van der Waals surface area contributed by atoms with Crippen molar-refractivity contribution in [3.8, 4) is 17.0 Å². The molecule has 1 saturated carbocycles. The fraction of sp³-hybridized carbons (Fsp3) is 0.370. The maximum atomic E-state index is 12.9. The number of rotatable bonds is 5. The minimum atomic E-state index is -0.134. The molecule has 1 N–H and O–H groups in total. The number of carbonyl (C=O) groups is 1. The predicted octanol–water partition coefficient (Wildman–Crippen LogP) is 5.63. The lowest BCUT2D eigenvalue weighted by molar-refractivity contribution is 0.102. The second-order valence-corrected chi connectivity index (χ2v) is 8.87. The van der Waals surface area contributed by atoms with E-state index in [-0.39, 0.29) is 5.91 Å². The highest BCUT2D eigenvalue weighted by Crippen LogP contribution is 2.36. The van der Waals surface area contributed by atoms with Gasteiger partial charge in [-0.05, 0) is 61.1 Å². The SMILES string of the molecule is COc1ccc2c(c1)CCc1nc(NC(=O)c3ccccc3)c(CC3CCCCC3)nc1-2. The van der Waals surface area contributed by atoms with Crippen LogP contribution < -0.4 is 10.1 Å². The van der Waals surface area contributed by atoms with Gasteiger partial charge in [-0.3, -0.25) is 4.79 Å². The first-order valence-electron chi connectivity index (χ1n) is 11.6. The molecule has 1 aromatic heterocycles. The second-order valence-electron chi connectivity index (χ2n) is 8.87. The number of hydrogen-bond acceptors (Lipinski definition) is 4. The molecular formula is C27H29N3O2. The maximum Gasteiger partial charge on any atom is 0.256 e. The molecule has 32 heavy (non-hydrogen) atoms. The molecule has 1 fully saturated rings. The van der Waals surface area contributed by atoms with Gasteiger partial charge < -0.3 is 10.1 Å². The number of nitrogens with one attached hydrogen (secondary N) is 1. The lowest BCUT2D eigenvalue weighted by atomic mass is 9.85. The number of fused-ring (bicyclic) bond motifs is 3. The summed E-state index contributed by atoms with van der Waals surface area (Å²) in [5.41, 5.74) is 5.83. The van der Waals surface area contributed by atoms with Crippen LogP contribution in [0.1, 0.15) is 59.4 Å². The zero-order chi connectivity index (χ0) is 21.9. The van der Waals surface area contributed by atoms with Crippen LogP contribution in [0.2, 0.25) is 0 Å². The molecule has 5 nitrogen and oxygen atoms in total. The summed E-state index contributed by atoms with van der Waals surface area (Å²) in [5, 5.41) is 3.08. The zero-order valence-electron chi connectivity index (χ0n) is 18.6. The van der Waals surface area contributed by atoms with Crippen molar-refractivity contribution in [1.82, 2.24) is 9.97 Å². The van der Waals surface area contributed by atoms with Gasteiger partial charge in [0, 0.05) is 11.1 Å². The summed E-state index contributed by atoms with van der Waals surface area (Å²) in [4.78, 5) is 23.0. The minimum Gasteiger partial charge on any atom is -0.497 e. The minimum absolute atomic E-state index is 0.134. The van der Waals surface area contributed by atoms with E-state index in [9.17, 15) is 4.79 Å². The Morgan fingerprint density at radius 2 is 1.84 bits per heavy atom. The van der Waals surface area contributed by atoms with Crippen molar-refractivity contribution in [1.29, 1.82) is 0 Å². The van der Waals surface area contributed by atoms with Gasteiger partial charge in [0.1, 0.15) is 5.75 Å². The van der Waals surface area contributed by atoms with Crippen LogP contribution in [0.3, 0.4) is 0 Å². The third kappa shape index (κ3) is 4.24. The molecule has 5 heteroatoms. The summed E-state index contributed by atoms with van der Waals surface area (Å²) >= 11 is 0. The summed E-state index contributed by atoms with van der Waals surface area (Å²) in [6.07, 6.45) is 8.87. The van der Waals surface area contributed by atoms with E-state index < -0.39 is 0 Å². The zero-order valence-corrected chi connectivity index (χ0v) is 18.6. The van der Waals surface area contributed by atoms with E-state index in [0.29, 0.717) is 17.3 Å². The van der Waals surface area contributed by atoms with Gasteiger partial charge in [0.15, 0.2) is 5.82 Å². The summed E-state index contributed by atoms with van der Waals surface area (Å²) in [5.74, 6) is 1.96. The Morgan fingerprint density at radius 1 is 1.03 bits per heavy atom. The maximum absolute atomic E-state index is 12.9. The van der Waals surface area contributed by atoms with Gasteiger partial charge in [-0.25, -0.2) is 9.97 Å². The number of anilines is 1. The van der Waals surface area contributed by atoms with Crippen LogP contribution in [0.25, 0.3) is 11.3 Å². The smallest absolute Gasteiger partial charge is 0.256 e. The van der Waals surface area contributed by atoms with E-state index in [1.807, 2.05) is 36.4 Å². The Balaban J connectivity index is 1.52. The van der Waals surface area contributed by atoms with Crippen molar-refractivity contribution in [2.24, 2.45) is 5.92 Å². The lowest BCUT2D eigenvalue weighted by Gasteiger charge is -2.25. The molecule has 0 saturated heterocycles. The van der Waals surface area contributed by atoms with Gasteiger partial charge in [0.2, 0.25) is 0 Å². The number of methoxy groups -OCH3 is 1. The van der Waals surface area contributed by atoms with E-state index >= 15 is 0 Å². The normalized spacial score (nSPS) is 15.5. The molecule has 0 atom stereocenters. The summed E-state index contributed by atoms with van der Waals surface area (Å²) in [6.45, 7) is 0. The van der Waals surface area contributed by atoms with Crippen LogP contribution in [-0.2, 0) is 19.3 Å². The summed E-state index contributed by atoms with van der Waals surface area (Å²) in [7, 11) is 1.70. The third-order valence-corrected chi connectivity index (χ3v) is 6.71. The Kier molecular flexibility index (Phi) is 5.89. The Hall–Kier alpha value is -3.21. The largest absolute Gasteiger partial charge is 0.497 e. The first-order valence-corrected chi connectivity index (χ1v) is 11.6. The molecule has 0 bridgehead atoms. The highest BCUT2D eigenvalue weighted by Gasteiger charge is 2.25. The molecule has 0 aliphatic heterocycles. The van der Waals surface area contributed by atoms with Crippen LogP contribution in [0, 0.1) is 5.92 Å². The quantitative estimate of drug-likeness (QED) is 0.573. The number of benzene rings is 2. The summed E-state index contributed by atoms with van der Waals surface area (Å²) in [6, 6.07) is 15.5. The van der Waals surface area contributed by atoms with E-state index in [0.717, 1.165) is 47.7 Å². The first kappa shape index (κ1) is 20.7. The predicted molar refractivity (Wildman–Crippen MR) is 126 cm³/mol. The Labute approximate surface area is 189 Å². The molecule has 2 aliphatic rings. The summed E-state index contributed by atoms with van der Waals surface area (Å²) < 4.78 is 5.41. The number of nitrogens with zero attached hydrogens (tertiary/aromatic N) is 2. The number of carbonyl (C=O) groups excluding carboxylic acids is 1. The number of aryl methyl sites for hydroxylation is 2. The monoisotopic (exact) mass is 427 g/mol. The highest BCUT2D eigenvalue weighted by molar-refractivity contribution is 6.04. The van der Waals surface area contributed by atoms with Gasteiger partial charge in [-0.2, -0.15) is 0 Å². The van der Waals surface area contributed by atoms with Crippen LogP contribution in [0.15, 0.2) is 48.5 Å². The molecule has 1 heterocycles. The van der Waals surface area contributed by atoms with Crippen molar-refractivity contribution in [2.45, 2.75) is 51.4 Å². The standard InChI is InChI=1S/C27H29N3O2/c1-32-21-13-14-22-20(17-21)12-15-23-25(22)28-24(16-18-8-4-2-5-9-18)26(29-23)30-27(31)19-10-6-3-7-11-19/h3,6-7,10-11,13-14,17-18H,2,4-5,8-9,12,15-16H2,1H3,(H,29,30,31). The van der Waals surface area contributed by atoms with Gasteiger partial charge in [0.05, 0.1) is 24.2 Å². The molecule has 3 aromatic rings. The first-order chi connectivity index (χ1) is 15.7. The molecule has 1 amide bonds. The number of ether oxygens (including phenoxy) is 1. The number of hydrogen-bond donors (Lipinski definition) is 1. The number of aromatic nitrogens is 2. The van der Waals surface area contributed by atoms with E-state index in [1.54, 1.807) is 7.11 Å². The molecule has 0 radical (unpaired) electrons. The Morgan fingerprint density at radius 3 is 2.62 bits per heavy atom. The average Bonchev–Trinajstić information content (AvgIpc) is 2.85. The second kappa shape index (κ2) is 9.11. The van der Waals surface area contributed by atoms with Gasteiger partial charge in [0.25, 0.3) is 5.91 Å². The van der Waals surface area contributed by atoms with Crippen molar-refractivity contribution in [3.63, 3.8) is 0 Å². The molecular weight excluding hydrogens is 398 g/mol. The van der Waals surface area contributed by atoms with Gasteiger partial charge in [-0.15, -0.1) is 0 Å². The van der Waals surface area contributed by atoms with Crippen LogP contribution >= 0.6 is 0 Å². The van der Waals surface area contributed by atoms with Crippen molar-refractivity contribution in [3.05, 3.63) is 71.0 Å². The van der Waals surface area contributed by atoms with Crippen molar-refractivity contribution >= 4 is 11.7 Å². The molecule has 2 aromatic carbocycles. The fourth-order valence-electron chi connectivity index (χ4n) is 4.96. The molecule has 2 aliphatic carbocycles. The molecule has 0 spiro atoms. The van der Waals surface area contributed by atoms with Crippen LogP contribution in [-0.4, -0.2) is 23.0 Å². The molecule has 5 rings (SSSR count). The van der Waals surface area contributed by atoms with E-state index in [2.05, 4.69) is 17.4 Å². The average molecular weight is 428 g/mol. The Bertz CT molecular complexity index is 1120. The van der Waals surface area contributed by atoms with Gasteiger partial charge in [-0.1, -0.05) is 50.3 Å². The molecule has 164 valence electrons. The van der Waals surface area contributed by atoms with Crippen molar-refractivity contribution in [2.75, 3.05) is 12.4 Å². The van der Waals surface area contributed by atoms with Crippen LogP contribution in [0.5, 0.6) is 5.75 Å².